The third kappa shape index (κ3) is 3.53. The second kappa shape index (κ2) is 6.44. The number of amides is 1. The SMILES string of the molecule is O=C(O)Nc1ccc(F)c(C(=O)Cc2ccnc(Cl)n2)c1F. The normalized spacial score (nSPS) is 10.3. The zero-order valence-corrected chi connectivity index (χ0v) is 11.6. The number of hydrogen-bond acceptors (Lipinski definition) is 4. The Morgan fingerprint density at radius 3 is 2.64 bits per heavy atom. The zero-order valence-electron chi connectivity index (χ0n) is 10.8. The molecule has 0 unspecified atom stereocenters. The van der Waals surface area contributed by atoms with Gasteiger partial charge in [-0.15, -0.1) is 0 Å². The second-order valence-electron chi connectivity index (χ2n) is 4.13. The molecule has 0 saturated carbocycles. The fraction of sp³-hybridized carbons (Fsp3) is 0.0769. The first-order valence-electron chi connectivity index (χ1n) is 5.87. The van der Waals surface area contributed by atoms with Crippen LogP contribution >= 0.6 is 11.6 Å². The third-order valence-corrected chi connectivity index (χ3v) is 2.82. The van der Waals surface area contributed by atoms with E-state index in [9.17, 15) is 18.4 Å². The maximum absolute atomic E-state index is 14.1. The number of aromatic nitrogens is 2. The van der Waals surface area contributed by atoms with Crippen LogP contribution in [0.25, 0.3) is 0 Å². The maximum atomic E-state index is 14.1. The predicted octanol–water partition coefficient (Wildman–Crippen LogP) is 2.92. The number of carbonyl (C=O) groups is 2. The lowest BCUT2D eigenvalue weighted by Crippen LogP contribution is -2.15. The Balaban J connectivity index is 2.34. The minimum absolute atomic E-state index is 0.104. The fourth-order valence-electron chi connectivity index (χ4n) is 1.74. The van der Waals surface area contributed by atoms with E-state index in [-0.39, 0.29) is 11.0 Å². The van der Waals surface area contributed by atoms with Crippen LogP contribution in [0.2, 0.25) is 5.28 Å². The van der Waals surface area contributed by atoms with E-state index in [1.54, 1.807) is 5.32 Å². The summed E-state index contributed by atoms with van der Waals surface area (Å²) in [6.45, 7) is 0. The van der Waals surface area contributed by atoms with Crippen molar-refractivity contribution in [3.05, 3.63) is 52.6 Å². The molecular formula is C13H8ClF2N3O3. The Morgan fingerprint density at radius 1 is 1.27 bits per heavy atom. The van der Waals surface area contributed by atoms with Crippen LogP contribution in [0.5, 0.6) is 0 Å². The molecule has 0 fully saturated rings. The molecule has 1 heterocycles. The summed E-state index contributed by atoms with van der Waals surface area (Å²) in [5, 5.41) is 10.2. The van der Waals surface area contributed by atoms with E-state index >= 15 is 0 Å². The Labute approximate surface area is 127 Å². The van der Waals surface area contributed by atoms with E-state index < -0.39 is 41.2 Å². The highest BCUT2D eigenvalue weighted by atomic mass is 35.5. The highest BCUT2D eigenvalue weighted by molar-refractivity contribution is 6.28. The summed E-state index contributed by atoms with van der Waals surface area (Å²) in [6, 6.07) is 3.06. The summed E-state index contributed by atoms with van der Waals surface area (Å²) in [5.74, 6) is -3.29. The minimum Gasteiger partial charge on any atom is -0.465 e. The number of benzene rings is 1. The van der Waals surface area contributed by atoms with Crippen molar-refractivity contribution in [2.24, 2.45) is 0 Å². The number of hydrogen-bond donors (Lipinski definition) is 2. The van der Waals surface area contributed by atoms with Crippen molar-refractivity contribution in [3.8, 4) is 0 Å². The van der Waals surface area contributed by atoms with Gasteiger partial charge < -0.3 is 5.11 Å². The largest absolute Gasteiger partial charge is 0.465 e. The van der Waals surface area contributed by atoms with Crippen LogP contribution in [0.3, 0.4) is 0 Å². The Hall–Kier alpha value is -2.61. The molecule has 2 N–H and O–H groups in total. The van der Waals surface area contributed by atoms with Gasteiger partial charge in [-0.1, -0.05) is 0 Å². The van der Waals surface area contributed by atoms with Crippen molar-refractivity contribution in [1.29, 1.82) is 0 Å². The molecule has 1 aromatic carbocycles. The van der Waals surface area contributed by atoms with Gasteiger partial charge in [0.05, 0.1) is 23.4 Å². The lowest BCUT2D eigenvalue weighted by molar-refractivity contribution is 0.0984. The zero-order chi connectivity index (χ0) is 16.3. The average molecular weight is 328 g/mol. The van der Waals surface area contributed by atoms with Gasteiger partial charge in [0.25, 0.3) is 0 Å². The Morgan fingerprint density at radius 2 is 2.00 bits per heavy atom. The molecule has 0 aliphatic heterocycles. The topological polar surface area (TPSA) is 92.2 Å². The van der Waals surface area contributed by atoms with E-state index in [0.717, 1.165) is 12.1 Å². The van der Waals surface area contributed by atoms with Crippen LogP contribution in [0.1, 0.15) is 16.1 Å². The molecule has 0 spiro atoms. The van der Waals surface area contributed by atoms with Crippen molar-refractivity contribution in [1.82, 2.24) is 9.97 Å². The molecule has 1 amide bonds. The first-order valence-corrected chi connectivity index (χ1v) is 6.25. The standard InChI is InChI=1S/C13H8ClF2N3O3/c14-12-17-4-3-6(18-12)5-9(20)10-7(15)1-2-8(11(10)16)19-13(21)22/h1-4,19H,5H2,(H,21,22). The van der Waals surface area contributed by atoms with Crippen molar-refractivity contribution >= 4 is 29.2 Å². The quantitative estimate of drug-likeness (QED) is 0.665. The predicted molar refractivity (Wildman–Crippen MR) is 73.1 cm³/mol. The van der Waals surface area contributed by atoms with E-state index in [4.69, 9.17) is 16.7 Å². The molecule has 22 heavy (non-hydrogen) atoms. The van der Waals surface area contributed by atoms with Gasteiger partial charge in [0.2, 0.25) is 5.28 Å². The summed E-state index contributed by atoms with van der Waals surface area (Å²) in [5.41, 5.74) is -1.18. The molecule has 0 radical (unpaired) electrons. The van der Waals surface area contributed by atoms with E-state index in [1.807, 2.05) is 0 Å². The van der Waals surface area contributed by atoms with Gasteiger partial charge in [-0.05, 0) is 29.8 Å². The molecule has 2 aromatic rings. The van der Waals surface area contributed by atoms with E-state index in [0.29, 0.717) is 0 Å². The molecule has 0 aliphatic rings. The number of Topliss-reactive ketones (excluding diaryl/α,β-unsaturated/α-hetero) is 1. The van der Waals surface area contributed by atoms with Gasteiger partial charge in [-0.2, -0.15) is 0 Å². The molecule has 6 nitrogen and oxygen atoms in total. The van der Waals surface area contributed by atoms with Gasteiger partial charge in [-0.3, -0.25) is 10.1 Å². The number of nitrogens with zero attached hydrogens (tertiary/aromatic N) is 2. The van der Waals surface area contributed by atoms with Crippen LogP contribution in [0, 0.1) is 11.6 Å². The second-order valence-corrected chi connectivity index (χ2v) is 4.47. The van der Waals surface area contributed by atoms with Crippen LogP contribution in [0.15, 0.2) is 24.4 Å². The number of carboxylic acid groups (broad SMARTS) is 1. The van der Waals surface area contributed by atoms with Crippen molar-refractivity contribution in [2.45, 2.75) is 6.42 Å². The fourth-order valence-corrected chi connectivity index (χ4v) is 1.91. The van der Waals surface area contributed by atoms with Crippen molar-refractivity contribution < 1.29 is 23.5 Å². The number of ketones is 1. The highest BCUT2D eigenvalue weighted by Gasteiger charge is 2.22. The molecule has 1 aromatic heterocycles. The monoisotopic (exact) mass is 327 g/mol. The minimum atomic E-state index is -1.54. The lowest BCUT2D eigenvalue weighted by Gasteiger charge is -2.08. The molecule has 114 valence electrons. The van der Waals surface area contributed by atoms with Gasteiger partial charge in [-0.25, -0.2) is 23.5 Å². The van der Waals surface area contributed by atoms with Crippen LogP contribution < -0.4 is 5.32 Å². The molecule has 0 saturated heterocycles. The first kappa shape index (κ1) is 15.8. The van der Waals surface area contributed by atoms with Gasteiger partial charge in [0.1, 0.15) is 5.82 Å². The first-order chi connectivity index (χ1) is 10.4. The molecule has 2 rings (SSSR count). The summed E-state index contributed by atoms with van der Waals surface area (Å²) in [7, 11) is 0. The van der Waals surface area contributed by atoms with Crippen LogP contribution in [-0.2, 0) is 6.42 Å². The summed E-state index contributed by atoms with van der Waals surface area (Å²) in [6.07, 6.45) is -0.647. The molecule has 0 atom stereocenters. The molecule has 0 bridgehead atoms. The third-order valence-electron chi connectivity index (χ3n) is 2.64. The number of rotatable bonds is 4. The Bertz CT molecular complexity index is 755. The highest BCUT2D eigenvalue weighted by Crippen LogP contribution is 2.22. The smallest absolute Gasteiger partial charge is 0.409 e. The number of anilines is 1. The van der Waals surface area contributed by atoms with Gasteiger partial charge in [0.15, 0.2) is 11.6 Å². The van der Waals surface area contributed by atoms with E-state index in [2.05, 4.69) is 9.97 Å². The lowest BCUT2D eigenvalue weighted by atomic mass is 10.0. The van der Waals surface area contributed by atoms with Gasteiger partial charge >= 0.3 is 6.09 Å². The average Bonchev–Trinajstić information content (AvgIpc) is 2.42. The Kier molecular flexibility index (Phi) is 4.62. The summed E-state index contributed by atoms with van der Waals surface area (Å²) in [4.78, 5) is 29.9. The van der Waals surface area contributed by atoms with Gasteiger partial charge in [0, 0.05) is 6.20 Å². The van der Waals surface area contributed by atoms with Crippen LogP contribution in [-0.4, -0.2) is 27.0 Å². The van der Waals surface area contributed by atoms with Crippen LogP contribution in [0.4, 0.5) is 19.3 Å². The number of nitrogens with one attached hydrogen (secondary N) is 1. The number of halogens is 3. The van der Waals surface area contributed by atoms with Crippen molar-refractivity contribution in [2.75, 3.05) is 5.32 Å². The molecule has 0 aliphatic carbocycles. The molecule has 9 heteroatoms. The van der Waals surface area contributed by atoms with E-state index in [1.165, 1.54) is 12.3 Å². The summed E-state index contributed by atoms with van der Waals surface area (Å²) < 4.78 is 27.8. The number of carbonyl (C=O) groups excluding carboxylic acids is 1. The van der Waals surface area contributed by atoms with Crippen molar-refractivity contribution in [3.63, 3.8) is 0 Å². The summed E-state index contributed by atoms with van der Waals surface area (Å²) >= 11 is 5.56. The molecular weight excluding hydrogens is 320 g/mol. The maximum Gasteiger partial charge on any atom is 0.409 e.